The zero-order valence-electron chi connectivity index (χ0n) is 9.47. The van der Waals surface area contributed by atoms with Gasteiger partial charge >= 0.3 is 0 Å². The zero-order chi connectivity index (χ0) is 11.2. The van der Waals surface area contributed by atoms with Gasteiger partial charge in [-0.25, -0.2) is 4.98 Å². The second-order valence-corrected chi connectivity index (χ2v) is 4.10. The molecule has 0 saturated carbocycles. The summed E-state index contributed by atoms with van der Waals surface area (Å²) in [4.78, 5) is 10.7. The largest absolute Gasteiger partial charge is 0.366 e. The summed E-state index contributed by atoms with van der Waals surface area (Å²) in [6, 6.07) is 0.526. The van der Waals surface area contributed by atoms with E-state index in [9.17, 15) is 0 Å². The van der Waals surface area contributed by atoms with Gasteiger partial charge in [-0.15, -0.1) is 6.58 Å². The van der Waals surface area contributed by atoms with Crippen LogP contribution in [0.4, 0.5) is 5.82 Å². The summed E-state index contributed by atoms with van der Waals surface area (Å²) in [5.41, 5.74) is 0. The standard InChI is InChI=1S/C12H18N4/c1-2-7-16-8-3-11(4-9-16)15-12-10-13-5-6-14-12/h2,5-6,10-11H,1,3-4,7-9H2,(H,14,15). The van der Waals surface area contributed by atoms with Crippen molar-refractivity contribution in [2.75, 3.05) is 25.0 Å². The van der Waals surface area contributed by atoms with Crippen molar-refractivity contribution >= 4 is 5.82 Å². The molecule has 0 radical (unpaired) electrons. The number of piperidine rings is 1. The van der Waals surface area contributed by atoms with Crippen LogP contribution in [0.25, 0.3) is 0 Å². The van der Waals surface area contributed by atoms with Gasteiger partial charge in [0.05, 0.1) is 6.20 Å². The molecule has 0 amide bonds. The van der Waals surface area contributed by atoms with Crippen LogP contribution in [0.5, 0.6) is 0 Å². The Hall–Kier alpha value is -1.42. The van der Waals surface area contributed by atoms with Gasteiger partial charge in [0.1, 0.15) is 5.82 Å². The molecular formula is C12H18N4. The van der Waals surface area contributed by atoms with Gasteiger partial charge in [-0.1, -0.05) is 6.08 Å². The van der Waals surface area contributed by atoms with E-state index < -0.39 is 0 Å². The Morgan fingerprint density at radius 2 is 2.25 bits per heavy atom. The first-order chi connectivity index (χ1) is 7.88. The molecule has 0 bridgehead atoms. The Balaban J connectivity index is 1.79. The van der Waals surface area contributed by atoms with E-state index in [4.69, 9.17) is 0 Å². The molecule has 1 N–H and O–H groups in total. The number of nitrogens with zero attached hydrogens (tertiary/aromatic N) is 3. The van der Waals surface area contributed by atoms with Crippen LogP contribution in [0.2, 0.25) is 0 Å². The zero-order valence-corrected chi connectivity index (χ0v) is 9.47. The van der Waals surface area contributed by atoms with Crippen molar-refractivity contribution in [1.82, 2.24) is 14.9 Å². The molecule has 16 heavy (non-hydrogen) atoms. The van der Waals surface area contributed by atoms with E-state index in [1.165, 1.54) is 0 Å². The van der Waals surface area contributed by atoms with Gasteiger partial charge in [-0.2, -0.15) is 0 Å². The van der Waals surface area contributed by atoms with E-state index in [1.807, 2.05) is 6.08 Å². The molecule has 1 aliphatic rings. The van der Waals surface area contributed by atoms with E-state index in [0.717, 1.165) is 38.3 Å². The summed E-state index contributed by atoms with van der Waals surface area (Å²) < 4.78 is 0. The van der Waals surface area contributed by atoms with E-state index in [1.54, 1.807) is 18.6 Å². The summed E-state index contributed by atoms with van der Waals surface area (Å²) in [7, 11) is 0. The number of aromatic nitrogens is 2. The van der Waals surface area contributed by atoms with Crippen LogP contribution in [0.15, 0.2) is 31.2 Å². The van der Waals surface area contributed by atoms with Crippen molar-refractivity contribution in [1.29, 1.82) is 0 Å². The first-order valence-electron chi connectivity index (χ1n) is 5.74. The molecule has 1 fully saturated rings. The maximum Gasteiger partial charge on any atom is 0.144 e. The first kappa shape index (κ1) is 11.1. The fraction of sp³-hybridized carbons (Fsp3) is 0.500. The fourth-order valence-corrected chi connectivity index (χ4v) is 2.03. The van der Waals surface area contributed by atoms with Gasteiger partial charge in [0.25, 0.3) is 0 Å². The maximum absolute atomic E-state index is 4.22. The highest BCUT2D eigenvalue weighted by atomic mass is 15.1. The van der Waals surface area contributed by atoms with Crippen LogP contribution in [-0.2, 0) is 0 Å². The molecule has 0 aromatic carbocycles. The molecule has 1 aromatic heterocycles. The molecule has 4 heteroatoms. The van der Waals surface area contributed by atoms with Gasteiger partial charge < -0.3 is 5.32 Å². The van der Waals surface area contributed by atoms with Gasteiger partial charge in [-0.3, -0.25) is 9.88 Å². The van der Waals surface area contributed by atoms with Crippen molar-refractivity contribution in [2.24, 2.45) is 0 Å². The Kier molecular flexibility index (Phi) is 3.88. The van der Waals surface area contributed by atoms with Crippen LogP contribution in [0, 0.1) is 0 Å². The minimum Gasteiger partial charge on any atom is -0.366 e. The second kappa shape index (κ2) is 5.61. The number of hydrogen-bond acceptors (Lipinski definition) is 4. The number of hydrogen-bond donors (Lipinski definition) is 1. The molecule has 86 valence electrons. The summed E-state index contributed by atoms with van der Waals surface area (Å²) in [6.07, 6.45) is 9.47. The molecule has 4 nitrogen and oxygen atoms in total. The normalized spacial score (nSPS) is 18.2. The third-order valence-electron chi connectivity index (χ3n) is 2.89. The number of rotatable bonds is 4. The molecule has 2 rings (SSSR count). The lowest BCUT2D eigenvalue weighted by molar-refractivity contribution is 0.240. The van der Waals surface area contributed by atoms with Crippen molar-refractivity contribution in [3.8, 4) is 0 Å². The Labute approximate surface area is 96.4 Å². The average Bonchev–Trinajstić information content (AvgIpc) is 2.33. The smallest absolute Gasteiger partial charge is 0.144 e. The van der Waals surface area contributed by atoms with Gasteiger partial charge in [0.2, 0.25) is 0 Å². The SMILES string of the molecule is C=CCN1CCC(Nc2cnccn2)CC1. The third kappa shape index (κ3) is 3.03. The van der Waals surface area contributed by atoms with Crippen LogP contribution < -0.4 is 5.32 Å². The van der Waals surface area contributed by atoms with E-state index in [2.05, 4.69) is 26.8 Å². The van der Waals surface area contributed by atoms with Crippen molar-refractivity contribution in [2.45, 2.75) is 18.9 Å². The lowest BCUT2D eigenvalue weighted by atomic mass is 10.1. The van der Waals surface area contributed by atoms with Crippen LogP contribution in [0.1, 0.15) is 12.8 Å². The van der Waals surface area contributed by atoms with Gasteiger partial charge in [0.15, 0.2) is 0 Å². The molecule has 0 spiro atoms. The highest BCUT2D eigenvalue weighted by molar-refractivity contribution is 5.31. The summed E-state index contributed by atoms with van der Waals surface area (Å²) >= 11 is 0. The topological polar surface area (TPSA) is 41.0 Å². The lowest BCUT2D eigenvalue weighted by Crippen LogP contribution is -2.39. The second-order valence-electron chi connectivity index (χ2n) is 4.10. The predicted octanol–water partition coefficient (Wildman–Crippen LogP) is 1.54. The lowest BCUT2D eigenvalue weighted by Gasteiger charge is -2.31. The molecule has 0 aliphatic carbocycles. The maximum atomic E-state index is 4.22. The molecule has 0 atom stereocenters. The number of nitrogens with one attached hydrogen (secondary N) is 1. The number of likely N-dealkylation sites (tertiary alicyclic amines) is 1. The van der Waals surface area contributed by atoms with E-state index in [0.29, 0.717) is 6.04 Å². The van der Waals surface area contributed by atoms with Crippen LogP contribution in [-0.4, -0.2) is 40.5 Å². The third-order valence-corrected chi connectivity index (χ3v) is 2.89. The number of anilines is 1. The minimum atomic E-state index is 0.526. The predicted molar refractivity (Wildman–Crippen MR) is 65.3 cm³/mol. The van der Waals surface area contributed by atoms with E-state index >= 15 is 0 Å². The highest BCUT2D eigenvalue weighted by Crippen LogP contribution is 2.14. The molecule has 1 aromatic rings. The van der Waals surface area contributed by atoms with Gasteiger partial charge in [0, 0.05) is 38.1 Å². The van der Waals surface area contributed by atoms with Crippen molar-refractivity contribution in [3.05, 3.63) is 31.2 Å². The minimum absolute atomic E-state index is 0.526. The Morgan fingerprint density at radius 1 is 1.44 bits per heavy atom. The monoisotopic (exact) mass is 218 g/mol. The summed E-state index contributed by atoms with van der Waals surface area (Å²) in [6.45, 7) is 7.02. The molecule has 1 saturated heterocycles. The van der Waals surface area contributed by atoms with Crippen molar-refractivity contribution < 1.29 is 0 Å². The molecule has 0 unspecified atom stereocenters. The van der Waals surface area contributed by atoms with Crippen LogP contribution >= 0.6 is 0 Å². The highest BCUT2D eigenvalue weighted by Gasteiger charge is 2.18. The average molecular weight is 218 g/mol. The van der Waals surface area contributed by atoms with Crippen LogP contribution in [0.3, 0.4) is 0 Å². The quantitative estimate of drug-likeness (QED) is 0.778. The van der Waals surface area contributed by atoms with E-state index in [-0.39, 0.29) is 0 Å². The molecule has 1 aliphatic heterocycles. The molecule has 2 heterocycles. The first-order valence-corrected chi connectivity index (χ1v) is 5.74. The Bertz CT molecular complexity index is 317. The van der Waals surface area contributed by atoms with Crippen molar-refractivity contribution in [3.63, 3.8) is 0 Å². The summed E-state index contributed by atoms with van der Waals surface area (Å²) in [5.74, 6) is 0.879. The van der Waals surface area contributed by atoms with Gasteiger partial charge in [-0.05, 0) is 12.8 Å². The molecular weight excluding hydrogens is 200 g/mol. The summed E-state index contributed by atoms with van der Waals surface area (Å²) in [5, 5.41) is 3.42. The Morgan fingerprint density at radius 3 is 2.88 bits per heavy atom. The fourth-order valence-electron chi connectivity index (χ4n) is 2.03.